The summed E-state index contributed by atoms with van der Waals surface area (Å²) in [6.45, 7) is 0. The largest absolute Gasteiger partial charge is 0.301 e. The fourth-order valence-corrected chi connectivity index (χ4v) is 1.92. The Bertz CT molecular complexity index is 543. The van der Waals surface area contributed by atoms with Gasteiger partial charge >= 0.3 is 0 Å². The summed E-state index contributed by atoms with van der Waals surface area (Å²) < 4.78 is 2.09. The summed E-state index contributed by atoms with van der Waals surface area (Å²) in [5, 5.41) is 0. The van der Waals surface area contributed by atoms with Gasteiger partial charge < -0.3 is 4.57 Å². The zero-order valence-electron chi connectivity index (χ0n) is 9.32. The van der Waals surface area contributed by atoms with Crippen LogP contribution in [-0.4, -0.2) is 9.55 Å². The second-order valence-corrected chi connectivity index (χ2v) is 3.82. The molecule has 2 heteroatoms. The number of hydrogen-bond acceptors (Lipinski definition) is 1. The maximum atomic E-state index is 4.37. The number of aromatic nitrogens is 2. The predicted octanol–water partition coefficient (Wildman–Crippen LogP) is 3.54. The standard InChI is InChI=1S/C15H12N2/c1-2-7-13(8-3-1)14-9-6-12-17(14)15-10-4-5-11-16-15/h1-12H. The first-order chi connectivity index (χ1) is 8.45. The van der Waals surface area contributed by atoms with Gasteiger partial charge in [-0.1, -0.05) is 36.4 Å². The molecule has 0 radical (unpaired) electrons. The molecule has 0 bridgehead atoms. The van der Waals surface area contributed by atoms with E-state index in [1.165, 1.54) is 5.56 Å². The van der Waals surface area contributed by atoms with E-state index >= 15 is 0 Å². The summed E-state index contributed by atoms with van der Waals surface area (Å²) in [6.07, 6.45) is 3.84. The van der Waals surface area contributed by atoms with Crippen LogP contribution in [0, 0.1) is 0 Å². The van der Waals surface area contributed by atoms with Crippen LogP contribution in [0.5, 0.6) is 0 Å². The van der Waals surface area contributed by atoms with E-state index in [-0.39, 0.29) is 0 Å². The van der Waals surface area contributed by atoms with Gasteiger partial charge in [0.1, 0.15) is 5.82 Å². The van der Waals surface area contributed by atoms with E-state index in [0.717, 1.165) is 11.5 Å². The molecule has 0 saturated carbocycles. The lowest BCUT2D eigenvalue weighted by atomic mass is 10.1. The lowest BCUT2D eigenvalue weighted by Crippen LogP contribution is -1.96. The van der Waals surface area contributed by atoms with Gasteiger partial charge in [-0.3, -0.25) is 0 Å². The molecule has 17 heavy (non-hydrogen) atoms. The number of rotatable bonds is 2. The summed E-state index contributed by atoms with van der Waals surface area (Å²) in [5.41, 5.74) is 2.35. The third-order valence-corrected chi connectivity index (χ3v) is 2.71. The summed E-state index contributed by atoms with van der Waals surface area (Å²) in [4.78, 5) is 4.37. The van der Waals surface area contributed by atoms with E-state index in [2.05, 4.69) is 27.8 Å². The minimum atomic E-state index is 0.941. The Balaban J connectivity index is 2.13. The van der Waals surface area contributed by atoms with Crippen molar-refractivity contribution in [2.24, 2.45) is 0 Å². The highest BCUT2D eigenvalue weighted by atomic mass is 15.1. The van der Waals surface area contributed by atoms with E-state index in [9.17, 15) is 0 Å². The SMILES string of the molecule is c1ccc(-c2cccn2-c2ccccn2)cc1. The van der Waals surface area contributed by atoms with Gasteiger partial charge in [-0.05, 0) is 29.8 Å². The first-order valence-corrected chi connectivity index (χ1v) is 5.59. The van der Waals surface area contributed by atoms with Gasteiger partial charge in [0.2, 0.25) is 0 Å². The zero-order valence-corrected chi connectivity index (χ0v) is 9.32. The smallest absolute Gasteiger partial charge is 0.137 e. The Hall–Kier alpha value is -2.35. The number of benzene rings is 1. The molecule has 82 valence electrons. The number of hydrogen-bond donors (Lipinski definition) is 0. The number of nitrogens with zero attached hydrogens (tertiary/aromatic N) is 2. The Morgan fingerprint density at radius 3 is 2.35 bits per heavy atom. The molecule has 0 atom stereocenters. The van der Waals surface area contributed by atoms with E-state index < -0.39 is 0 Å². The van der Waals surface area contributed by atoms with Crippen molar-refractivity contribution in [2.75, 3.05) is 0 Å². The van der Waals surface area contributed by atoms with Crippen LogP contribution in [0.25, 0.3) is 17.1 Å². The molecule has 1 aromatic carbocycles. The first kappa shape index (κ1) is 9.85. The molecule has 0 N–H and O–H groups in total. The van der Waals surface area contributed by atoms with Gasteiger partial charge in [-0.2, -0.15) is 0 Å². The second kappa shape index (κ2) is 4.26. The minimum absolute atomic E-state index is 0.941. The maximum Gasteiger partial charge on any atom is 0.137 e. The Kier molecular flexibility index (Phi) is 2.47. The molecule has 2 aromatic heterocycles. The van der Waals surface area contributed by atoms with Gasteiger partial charge in [-0.25, -0.2) is 4.98 Å². The van der Waals surface area contributed by atoms with Gasteiger partial charge in [0, 0.05) is 12.4 Å². The van der Waals surface area contributed by atoms with Crippen LogP contribution in [0.3, 0.4) is 0 Å². The van der Waals surface area contributed by atoms with Crippen LogP contribution in [0.4, 0.5) is 0 Å². The minimum Gasteiger partial charge on any atom is -0.301 e. The van der Waals surface area contributed by atoms with E-state index in [4.69, 9.17) is 0 Å². The molecule has 0 aliphatic heterocycles. The van der Waals surface area contributed by atoms with Crippen molar-refractivity contribution in [2.45, 2.75) is 0 Å². The van der Waals surface area contributed by atoms with Crippen LogP contribution >= 0.6 is 0 Å². The average Bonchev–Trinajstić information content (AvgIpc) is 2.90. The molecule has 0 spiro atoms. The molecule has 0 aliphatic carbocycles. The van der Waals surface area contributed by atoms with E-state index in [1.807, 2.05) is 54.9 Å². The van der Waals surface area contributed by atoms with Crippen molar-refractivity contribution in [3.63, 3.8) is 0 Å². The third-order valence-electron chi connectivity index (χ3n) is 2.71. The fraction of sp³-hybridized carbons (Fsp3) is 0. The highest BCUT2D eigenvalue weighted by molar-refractivity contribution is 5.62. The number of pyridine rings is 1. The van der Waals surface area contributed by atoms with Crippen molar-refractivity contribution in [3.8, 4) is 17.1 Å². The van der Waals surface area contributed by atoms with Gasteiger partial charge in [-0.15, -0.1) is 0 Å². The molecular weight excluding hydrogens is 208 g/mol. The first-order valence-electron chi connectivity index (χ1n) is 5.59. The molecule has 3 aromatic rings. The Morgan fingerprint density at radius 1 is 0.765 bits per heavy atom. The van der Waals surface area contributed by atoms with Crippen molar-refractivity contribution in [1.82, 2.24) is 9.55 Å². The Labute approximate surface area is 100 Å². The lowest BCUT2D eigenvalue weighted by molar-refractivity contribution is 1.02. The van der Waals surface area contributed by atoms with Crippen LogP contribution in [-0.2, 0) is 0 Å². The summed E-state index contributed by atoms with van der Waals surface area (Å²) >= 11 is 0. The van der Waals surface area contributed by atoms with Gasteiger partial charge in [0.15, 0.2) is 0 Å². The molecule has 0 aliphatic rings. The highest BCUT2D eigenvalue weighted by Crippen LogP contribution is 2.22. The second-order valence-electron chi connectivity index (χ2n) is 3.82. The quantitative estimate of drug-likeness (QED) is 0.646. The molecule has 0 fully saturated rings. The van der Waals surface area contributed by atoms with Gasteiger partial charge in [0.05, 0.1) is 5.69 Å². The van der Waals surface area contributed by atoms with Crippen LogP contribution in [0.15, 0.2) is 73.1 Å². The summed E-state index contributed by atoms with van der Waals surface area (Å²) in [7, 11) is 0. The normalized spacial score (nSPS) is 10.4. The molecule has 0 amide bonds. The van der Waals surface area contributed by atoms with E-state index in [1.54, 1.807) is 0 Å². The van der Waals surface area contributed by atoms with E-state index in [0.29, 0.717) is 0 Å². The maximum absolute atomic E-state index is 4.37. The fourth-order valence-electron chi connectivity index (χ4n) is 1.92. The van der Waals surface area contributed by atoms with Crippen molar-refractivity contribution >= 4 is 0 Å². The van der Waals surface area contributed by atoms with Crippen LogP contribution in [0.2, 0.25) is 0 Å². The summed E-state index contributed by atoms with van der Waals surface area (Å²) in [6, 6.07) is 20.4. The predicted molar refractivity (Wildman–Crippen MR) is 69.0 cm³/mol. The Morgan fingerprint density at radius 2 is 1.59 bits per heavy atom. The molecule has 2 heterocycles. The lowest BCUT2D eigenvalue weighted by Gasteiger charge is -2.07. The summed E-state index contributed by atoms with van der Waals surface area (Å²) in [5.74, 6) is 0.941. The monoisotopic (exact) mass is 220 g/mol. The zero-order chi connectivity index (χ0) is 11.5. The average molecular weight is 220 g/mol. The molecule has 0 saturated heterocycles. The molecule has 0 unspecified atom stereocenters. The topological polar surface area (TPSA) is 17.8 Å². The third kappa shape index (κ3) is 1.85. The van der Waals surface area contributed by atoms with Crippen molar-refractivity contribution in [1.29, 1.82) is 0 Å². The molecule has 2 nitrogen and oxygen atoms in total. The van der Waals surface area contributed by atoms with Crippen molar-refractivity contribution in [3.05, 3.63) is 73.1 Å². The highest BCUT2D eigenvalue weighted by Gasteiger charge is 2.05. The molecule has 3 rings (SSSR count). The van der Waals surface area contributed by atoms with Gasteiger partial charge in [0.25, 0.3) is 0 Å². The van der Waals surface area contributed by atoms with Crippen LogP contribution in [0.1, 0.15) is 0 Å². The van der Waals surface area contributed by atoms with Crippen LogP contribution < -0.4 is 0 Å². The van der Waals surface area contributed by atoms with Crippen molar-refractivity contribution < 1.29 is 0 Å². The molecular formula is C15H12N2.